The first-order valence-electron chi connectivity index (χ1n) is 9.90. The van der Waals surface area contributed by atoms with E-state index in [1.165, 1.54) is 6.42 Å². The zero-order valence-electron chi connectivity index (χ0n) is 16.0. The number of hydrogen-bond acceptors (Lipinski definition) is 7. The Hall–Kier alpha value is -2.58. The van der Waals surface area contributed by atoms with Crippen molar-refractivity contribution < 1.29 is 9.53 Å². The van der Waals surface area contributed by atoms with Crippen LogP contribution in [-0.4, -0.2) is 70.0 Å². The van der Waals surface area contributed by atoms with E-state index in [2.05, 4.69) is 25.2 Å². The van der Waals surface area contributed by atoms with E-state index in [1.807, 2.05) is 23.1 Å². The van der Waals surface area contributed by atoms with Crippen LogP contribution in [0.15, 0.2) is 36.8 Å². The highest BCUT2D eigenvalue weighted by molar-refractivity contribution is 5.78. The summed E-state index contributed by atoms with van der Waals surface area (Å²) in [6, 6.07) is 5.79. The van der Waals surface area contributed by atoms with Crippen molar-refractivity contribution >= 4 is 17.5 Å². The van der Waals surface area contributed by atoms with Crippen LogP contribution in [0.5, 0.6) is 0 Å². The van der Waals surface area contributed by atoms with Gasteiger partial charge in [0, 0.05) is 38.6 Å². The molecule has 28 heavy (non-hydrogen) atoms. The van der Waals surface area contributed by atoms with Crippen LogP contribution < -0.4 is 5.32 Å². The number of carbonyl (C=O) groups is 1. The van der Waals surface area contributed by atoms with Crippen LogP contribution in [0, 0.1) is 0 Å². The Kier molecular flexibility index (Phi) is 6.08. The number of carbonyl (C=O) groups excluding carboxylic acids is 1. The maximum atomic E-state index is 12.6. The molecule has 8 heteroatoms. The van der Waals surface area contributed by atoms with Gasteiger partial charge in [-0.05, 0) is 31.4 Å². The van der Waals surface area contributed by atoms with Gasteiger partial charge in [0.2, 0.25) is 5.91 Å². The van der Waals surface area contributed by atoms with Gasteiger partial charge in [-0.2, -0.15) is 0 Å². The highest BCUT2D eigenvalue weighted by Gasteiger charge is 2.26. The molecule has 8 nitrogen and oxygen atoms in total. The molecule has 2 aromatic heterocycles. The van der Waals surface area contributed by atoms with E-state index in [1.54, 1.807) is 18.6 Å². The first-order valence-corrected chi connectivity index (χ1v) is 9.90. The highest BCUT2D eigenvalue weighted by Crippen LogP contribution is 2.23. The van der Waals surface area contributed by atoms with E-state index in [9.17, 15) is 4.79 Å². The standard InChI is InChI=1S/C20H26N6O2/c27-20(26-9-2-1-3-10-26)15-25-11-12-28-17(14-25)16-5-4-6-18(23-16)24-19-13-21-7-8-22-19/h4-8,13,17H,1-3,9-12,14-15H2,(H,22,23,24). The number of hydrogen-bond donors (Lipinski definition) is 1. The van der Waals surface area contributed by atoms with Gasteiger partial charge in [0.05, 0.1) is 25.0 Å². The maximum absolute atomic E-state index is 12.6. The lowest BCUT2D eigenvalue weighted by Crippen LogP contribution is -2.46. The Morgan fingerprint density at radius 2 is 2.04 bits per heavy atom. The summed E-state index contributed by atoms with van der Waals surface area (Å²) in [4.78, 5) is 29.7. The molecule has 4 heterocycles. The van der Waals surface area contributed by atoms with E-state index in [-0.39, 0.29) is 12.0 Å². The normalized spacial score (nSPS) is 20.7. The molecule has 0 bridgehead atoms. The van der Waals surface area contributed by atoms with Gasteiger partial charge >= 0.3 is 0 Å². The number of likely N-dealkylation sites (tertiary alicyclic amines) is 1. The van der Waals surface area contributed by atoms with Crippen LogP contribution in [0.3, 0.4) is 0 Å². The fraction of sp³-hybridized carbons (Fsp3) is 0.500. The lowest BCUT2D eigenvalue weighted by molar-refractivity contribution is -0.135. The fourth-order valence-electron chi connectivity index (χ4n) is 3.65. The SMILES string of the molecule is O=C(CN1CCOC(c2cccc(Nc3cnccn3)n2)C1)N1CCCCC1. The largest absolute Gasteiger partial charge is 0.369 e. The van der Waals surface area contributed by atoms with Gasteiger partial charge in [-0.3, -0.25) is 14.7 Å². The predicted octanol–water partition coefficient (Wildman–Crippen LogP) is 2.00. The van der Waals surface area contributed by atoms with Crippen LogP contribution in [0.2, 0.25) is 0 Å². The minimum atomic E-state index is -0.147. The van der Waals surface area contributed by atoms with Crippen molar-refractivity contribution in [2.24, 2.45) is 0 Å². The zero-order chi connectivity index (χ0) is 19.2. The summed E-state index contributed by atoms with van der Waals surface area (Å²) in [6.45, 7) is 4.28. The third-order valence-electron chi connectivity index (χ3n) is 5.14. The molecular weight excluding hydrogens is 356 g/mol. The van der Waals surface area contributed by atoms with Gasteiger partial charge < -0.3 is 15.0 Å². The average Bonchev–Trinajstić information content (AvgIpc) is 2.75. The number of rotatable bonds is 5. The molecule has 0 radical (unpaired) electrons. The average molecular weight is 382 g/mol. The molecule has 1 atom stereocenters. The van der Waals surface area contributed by atoms with E-state index >= 15 is 0 Å². The Morgan fingerprint density at radius 3 is 2.86 bits per heavy atom. The molecule has 2 saturated heterocycles. The maximum Gasteiger partial charge on any atom is 0.236 e. The van der Waals surface area contributed by atoms with Crippen LogP contribution in [0.4, 0.5) is 11.6 Å². The number of amides is 1. The number of nitrogens with zero attached hydrogens (tertiary/aromatic N) is 5. The minimum absolute atomic E-state index is 0.147. The summed E-state index contributed by atoms with van der Waals surface area (Å²) in [7, 11) is 0. The van der Waals surface area contributed by atoms with Crippen molar-refractivity contribution in [3.63, 3.8) is 0 Å². The topological polar surface area (TPSA) is 83.5 Å². The smallest absolute Gasteiger partial charge is 0.236 e. The fourth-order valence-corrected chi connectivity index (χ4v) is 3.65. The number of aromatic nitrogens is 3. The van der Waals surface area contributed by atoms with Gasteiger partial charge in [0.25, 0.3) is 0 Å². The van der Waals surface area contributed by atoms with E-state index in [0.29, 0.717) is 31.3 Å². The van der Waals surface area contributed by atoms with E-state index < -0.39 is 0 Å². The number of piperidine rings is 1. The first-order chi connectivity index (χ1) is 13.8. The van der Waals surface area contributed by atoms with Gasteiger partial charge in [-0.15, -0.1) is 0 Å². The molecule has 0 saturated carbocycles. The summed E-state index contributed by atoms with van der Waals surface area (Å²) < 4.78 is 5.94. The van der Waals surface area contributed by atoms with E-state index in [4.69, 9.17) is 4.74 Å². The Morgan fingerprint density at radius 1 is 1.14 bits per heavy atom. The number of ether oxygens (including phenoxy) is 1. The summed E-state index contributed by atoms with van der Waals surface area (Å²) in [5, 5.41) is 3.16. The molecule has 2 aromatic rings. The third kappa shape index (κ3) is 4.82. The van der Waals surface area contributed by atoms with Crippen LogP contribution in [-0.2, 0) is 9.53 Å². The van der Waals surface area contributed by atoms with Gasteiger partial charge in [-0.1, -0.05) is 6.07 Å². The molecule has 148 valence electrons. The second kappa shape index (κ2) is 9.07. The molecule has 1 amide bonds. The summed E-state index contributed by atoms with van der Waals surface area (Å²) in [5.74, 6) is 1.57. The molecule has 0 aliphatic carbocycles. The van der Waals surface area contributed by atoms with Gasteiger partial charge in [0.15, 0.2) is 0 Å². The summed E-state index contributed by atoms with van der Waals surface area (Å²) >= 11 is 0. The quantitative estimate of drug-likeness (QED) is 0.847. The number of nitrogens with one attached hydrogen (secondary N) is 1. The molecule has 2 aliphatic heterocycles. The predicted molar refractivity (Wildman–Crippen MR) is 105 cm³/mol. The Labute approximate surface area is 164 Å². The molecule has 2 fully saturated rings. The lowest BCUT2D eigenvalue weighted by Gasteiger charge is -2.34. The molecule has 4 rings (SSSR count). The number of morpholine rings is 1. The van der Waals surface area contributed by atoms with Crippen molar-refractivity contribution in [1.29, 1.82) is 0 Å². The Bertz CT molecular complexity index is 781. The van der Waals surface area contributed by atoms with Crippen molar-refractivity contribution in [1.82, 2.24) is 24.8 Å². The monoisotopic (exact) mass is 382 g/mol. The highest BCUT2D eigenvalue weighted by atomic mass is 16.5. The zero-order valence-corrected chi connectivity index (χ0v) is 16.0. The molecule has 1 unspecified atom stereocenters. The minimum Gasteiger partial charge on any atom is -0.369 e. The van der Waals surface area contributed by atoms with Crippen LogP contribution in [0.1, 0.15) is 31.1 Å². The Balaban J connectivity index is 1.37. The third-order valence-corrected chi connectivity index (χ3v) is 5.14. The van der Waals surface area contributed by atoms with Crippen molar-refractivity contribution in [3.05, 3.63) is 42.5 Å². The lowest BCUT2D eigenvalue weighted by atomic mass is 10.1. The molecule has 0 aromatic carbocycles. The van der Waals surface area contributed by atoms with Gasteiger partial charge in [0.1, 0.15) is 17.7 Å². The second-order valence-corrected chi connectivity index (χ2v) is 7.20. The van der Waals surface area contributed by atoms with Crippen molar-refractivity contribution in [2.45, 2.75) is 25.4 Å². The van der Waals surface area contributed by atoms with Crippen molar-refractivity contribution in [3.8, 4) is 0 Å². The molecule has 0 spiro atoms. The second-order valence-electron chi connectivity index (χ2n) is 7.20. The van der Waals surface area contributed by atoms with Crippen LogP contribution in [0.25, 0.3) is 0 Å². The number of pyridine rings is 1. The number of anilines is 2. The molecular formula is C20H26N6O2. The molecule has 2 aliphatic rings. The molecule has 1 N–H and O–H groups in total. The van der Waals surface area contributed by atoms with Crippen molar-refractivity contribution in [2.75, 3.05) is 44.6 Å². The van der Waals surface area contributed by atoms with Gasteiger partial charge in [-0.25, -0.2) is 9.97 Å². The summed E-state index contributed by atoms with van der Waals surface area (Å²) in [6.07, 6.45) is 8.23. The van der Waals surface area contributed by atoms with E-state index in [0.717, 1.165) is 38.2 Å². The first kappa shape index (κ1) is 18.8. The van der Waals surface area contributed by atoms with Crippen LogP contribution >= 0.6 is 0 Å². The summed E-state index contributed by atoms with van der Waals surface area (Å²) in [5.41, 5.74) is 0.851.